The van der Waals surface area contributed by atoms with Crippen molar-refractivity contribution in [3.63, 3.8) is 0 Å². The molecule has 0 aliphatic carbocycles. The molecule has 25 heavy (non-hydrogen) atoms. The van der Waals surface area contributed by atoms with Gasteiger partial charge in [-0.25, -0.2) is 12.8 Å². The van der Waals surface area contributed by atoms with Crippen molar-refractivity contribution in [2.45, 2.75) is 58.6 Å². The molecule has 1 rings (SSSR count). The quantitative estimate of drug-likeness (QED) is 0.646. The predicted octanol–water partition coefficient (Wildman–Crippen LogP) is 4.59. The molecule has 0 amide bonds. The third kappa shape index (κ3) is 5.27. The molecule has 0 aromatic heterocycles. The molecule has 1 atom stereocenters. The van der Waals surface area contributed by atoms with Gasteiger partial charge in [0.15, 0.2) is 9.84 Å². The molecule has 0 radical (unpaired) electrons. The second-order valence-corrected chi connectivity index (χ2v) is 10.00. The summed E-state index contributed by atoms with van der Waals surface area (Å²) in [5, 5.41) is 7.94. The zero-order valence-electron chi connectivity index (χ0n) is 16.0. The Balaban J connectivity index is 3.05. The number of ether oxygens (including phenoxy) is 1. The van der Waals surface area contributed by atoms with E-state index in [1.54, 1.807) is 39.8 Å². The van der Waals surface area contributed by atoms with E-state index in [1.807, 2.05) is 13.8 Å². The molecule has 0 bridgehead atoms. The Bertz CT molecular complexity index is 711. The average Bonchev–Trinajstić information content (AvgIpc) is 2.52. The molecule has 0 aliphatic heterocycles. The summed E-state index contributed by atoms with van der Waals surface area (Å²) >= 11 is 0. The van der Waals surface area contributed by atoms with Crippen molar-refractivity contribution in [3.05, 3.63) is 29.6 Å². The highest BCUT2D eigenvalue weighted by Crippen LogP contribution is 2.29. The summed E-state index contributed by atoms with van der Waals surface area (Å²) < 4.78 is 44.1. The van der Waals surface area contributed by atoms with Gasteiger partial charge in [-0.1, -0.05) is 27.7 Å². The average molecular weight is 372 g/mol. The monoisotopic (exact) mass is 371 g/mol. The Hall–Kier alpha value is -1.43. The highest BCUT2D eigenvalue weighted by atomic mass is 32.2. The minimum Gasteiger partial charge on any atom is -0.493 e. The second kappa shape index (κ2) is 8.30. The van der Waals surface area contributed by atoms with Crippen molar-refractivity contribution in [2.75, 3.05) is 12.4 Å². The lowest BCUT2D eigenvalue weighted by atomic mass is 10.0. The smallest absolute Gasteiger partial charge is 0.161 e. The van der Waals surface area contributed by atoms with Crippen LogP contribution in [-0.2, 0) is 9.84 Å². The van der Waals surface area contributed by atoms with Gasteiger partial charge in [0, 0.05) is 5.71 Å². The number of hydrogen-bond donors (Lipinski definition) is 1. The number of benzene rings is 1. The highest BCUT2D eigenvalue weighted by molar-refractivity contribution is 7.93. The third-order valence-corrected chi connectivity index (χ3v) is 7.15. The molecule has 0 unspecified atom stereocenters. The van der Waals surface area contributed by atoms with Crippen LogP contribution in [-0.4, -0.2) is 31.2 Å². The van der Waals surface area contributed by atoms with Gasteiger partial charge in [-0.05, 0) is 55.9 Å². The topological polar surface area (TPSA) is 67.2 Å². The van der Waals surface area contributed by atoms with E-state index in [-0.39, 0.29) is 11.5 Å². The molecule has 1 aromatic rings. The minimum atomic E-state index is -3.61. The lowest BCUT2D eigenvalue weighted by Gasteiger charge is -2.27. The van der Waals surface area contributed by atoms with Gasteiger partial charge in [0.25, 0.3) is 0 Å². The van der Waals surface area contributed by atoms with E-state index < -0.39 is 26.3 Å². The van der Waals surface area contributed by atoms with Crippen LogP contribution in [0.1, 0.15) is 59.4 Å². The van der Waals surface area contributed by atoms with E-state index in [9.17, 15) is 12.8 Å². The van der Waals surface area contributed by atoms with Gasteiger partial charge < -0.3 is 10.1 Å². The first-order valence-corrected chi connectivity index (χ1v) is 10.3. The predicted molar refractivity (Wildman–Crippen MR) is 101 cm³/mol. The molecule has 1 aromatic carbocycles. The fraction of sp³-hybridized carbons (Fsp3) is 0.632. The summed E-state index contributed by atoms with van der Waals surface area (Å²) in [4.78, 5) is 0. The first-order chi connectivity index (χ1) is 11.4. The molecule has 142 valence electrons. The Labute approximate surface area is 151 Å². The van der Waals surface area contributed by atoms with E-state index in [0.29, 0.717) is 30.3 Å². The summed E-state index contributed by atoms with van der Waals surface area (Å²) in [7, 11) is -3.61. The second-order valence-electron chi connectivity index (χ2n) is 7.41. The number of rotatable bonds is 9. The lowest BCUT2D eigenvalue weighted by molar-refractivity contribution is 0.270. The van der Waals surface area contributed by atoms with Crippen molar-refractivity contribution in [2.24, 2.45) is 5.92 Å². The highest BCUT2D eigenvalue weighted by Gasteiger charge is 2.38. The fourth-order valence-corrected chi connectivity index (χ4v) is 4.27. The molecule has 0 spiro atoms. The van der Waals surface area contributed by atoms with Gasteiger partial charge in [-0.3, -0.25) is 0 Å². The third-order valence-electron chi connectivity index (χ3n) is 4.41. The molecule has 6 heteroatoms. The largest absolute Gasteiger partial charge is 0.493 e. The van der Waals surface area contributed by atoms with Crippen LogP contribution in [0.25, 0.3) is 0 Å². The number of halogens is 1. The van der Waals surface area contributed by atoms with E-state index in [0.717, 1.165) is 0 Å². The Kier molecular flexibility index (Phi) is 7.18. The first kappa shape index (κ1) is 21.6. The Morgan fingerprint density at radius 2 is 1.88 bits per heavy atom. The lowest BCUT2D eigenvalue weighted by Crippen LogP contribution is -2.42. The molecular formula is C19H30FNO3S. The van der Waals surface area contributed by atoms with Gasteiger partial charge in [-0.15, -0.1) is 0 Å². The maximum absolute atomic E-state index is 14.2. The van der Waals surface area contributed by atoms with Crippen molar-refractivity contribution in [3.8, 4) is 5.75 Å². The van der Waals surface area contributed by atoms with Gasteiger partial charge in [0.05, 0.1) is 12.4 Å². The van der Waals surface area contributed by atoms with Gasteiger partial charge in [0.1, 0.15) is 16.3 Å². The normalized spacial score (nSPS) is 13.8. The van der Waals surface area contributed by atoms with E-state index >= 15 is 0 Å². The molecule has 0 saturated heterocycles. The molecule has 0 saturated carbocycles. The maximum Gasteiger partial charge on any atom is 0.161 e. The number of hydrogen-bond acceptors (Lipinski definition) is 4. The van der Waals surface area contributed by atoms with Crippen molar-refractivity contribution in [1.82, 2.24) is 0 Å². The molecule has 0 fully saturated rings. The fourth-order valence-electron chi connectivity index (χ4n) is 2.49. The summed E-state index contributed by atoms with van der Waals surface area (Å²) in [5.74, 6) is -0.311. The zero-order chi connectivity index (χ0) is 19.4. The van der Waals surface area contributed by atoms with Crippen LogP contribution in [0, 0.1) is 17.1 Å². The molecule has 0 aliphatic rings. The minimum absolute atomic E-state index is 0.161. The van der Waals surface area contributed by atoms with Crippen LogP contribution >= 0.6 is 0 Å². The molecule has 4 nitrogen and oxygen atoms in total. The van der Waals surface area contributed by atoms with Crippen LogP contribution in [0.15, 0.2) is 18.2 Å². The van der Waals surface area contributed by atoms with Crippen molar-refractivity contribution in [1.29, 1.82) is 5.41 Å². The van der Waals surface area contributed by atoms with E-state index in [4.69, 9.17) is 10.1 Å². The van der Waals surface area contributed by atoms with Crippen molar-refractivity contribution < 1.29 is 17.5 Å². The Morgan fingerprint density at radius 1 is 1.28 bits per heavy atom. The van der Waals surface area contributed by atoms with Crippen molar-refractivity contribution >= 4 is 15.5 Å². The van der Waals surface area contributed by atoms with Crippen LogP contribution in [0.2, 0.25) is 0 Å². The summed E-state index contributed by atoms with van der Waals surface area (Å²) in [6.07, 6.45) is 0.369. The van der Waals surface area contributed by atoms with Gasteiger partial charge >= 0.3 is 0 Å². The first-order valence-electron chi connectivity index (χ1n) is 8.64. The van der Waals surface area contributed by atoms with Gasteiger partial charge in [0.2, 0.25) is 0 Å². The van der Waals surface area contributed by atoms with Crippen LogP contribution in [0.3, 0.4) is 0 Å². The zero-order valence-corrected chi connectivity index (χ0v) is 16.8. The Morgan fingerprint density at radius 3 is 2.40 bits per heavy atom. The standard InChI is InChI=1S/C19H30FNO3S/c1-7-18(21)19(5,6)25(22,23)12-14(4)16-10-15(8-9-17(16)20)24-11-13(2)3/h8-10,13-14,21H,7,11-12H2,1-6H3/t14-/m1/s1. The van der Waals surface area contributed by atoms with E-state index in [1.165, 1.54) is 6.07 Å². The summed E-state index contributed by atoms with van der Waals surface area (Å²) in [6.45, 7) is 11.1. The number of nitrogens with one attached hydrogen (secondary N) is 1. The SMILES string of the molecule is CCC(=N)C(C)(C)S(=O)(=O)C[C@@H](C)c1cc(OCC(C)C)ccc1F. The molecular weight excluding hydrogens is 341 g/mol. The molecule has 1 N–H and O–H groups in total. The van der Waals surface area contributed by atoms with Crippen LogP contribution in [0.4, 0.5) is 4.39 Å². The van der Waals surface area contributed by atoms with Gasteiger partial charge in [-0.2, -0.15) is 0 Å². The van der Waals surface area contributed by atoms with Crippen LogP contribution in [0.5, 0.6) is 5.75 Å². The number of sulfone groups is 1. The summed E-state index contributed by atoms with van der Waals surface area (Å²) in [6, 6.07) is 4.45. The molecule has 0 heterocycles. The summed E-state index contributed by atoms with van der Waals surface area (Å²) in [5.41, 5.74) is 0.484. The maximum atomic E-state index is 14.2. The van der Waals surface area contributed by atoms with E-state index in [2.05, 4.69) is 0 Å². The van der Waals surface area contributed by atoms with Crippen LogP contribution < -0.4 is 4.74 Å².